The lowest BCUT2D eigenvalue weighted by Crippen LogP contribution is -2.08. The Morgan fingerprint density at radius 2 is 2.38 bits per heavy atom. The zero-order valence-electron chi connectivity index (χ0n) is 7.91. The molecule has 0 aliphatic heterocycles. The monoisotopic (exact) mass is 179 g/mol. The molecule has 1 aromatic heterocycles. The predicted octanol–water partition coefficient (Wildman–Crippen LogP) is 1.96. The molecule has 0 spiro atoms. The van der Waals surface area contributed by atoms with E-state index in [9.17, 15) is 4.79 Å². The lowest BCUT2D eigenvalue weighted by atomic mass is 10.2. The number of rotatable bonds is 3. The zero-order valence-corrected chi connectivity index (χ0v) is 7.91. The molecule has 0 saturated heterocycles. The van der Waals surface area contributed by atoms with Crippen LogP contribution >= 0.6 is 0 Å². The highest BCUT2D eigenvalue weighted by Gasteiger charge is 2.09. The summed E-state index contributed by atoms with van der Waals surface area (Å²) in [4.78, 5) is 15.4. The third-order valence-electron chi connectivity index (χ3n) is 1.66. The molecule has 0 amide bonds. The molecule has 0 radical (unpaired) electrons. The van der Waals surface area contributed by atoms with Gasteiger partial charge in [-0.2, -0.15) is 0 Å². The molecule has 0 bridgehead atoms. The molecule has 1 heterocycles. The van der Waals surface area contributed by atoms with Gasteiger partial charge in [-0.3, -0.25) is 4.98 Å². The van der Waals surface area contributed by atoms with Gasteiger partial charge in [0.2, 0.25) is 0 Å². The van der Waals surface area contributed by atoms with Crippen LogP contribution in [0.25, 0.3) is 0 Å². The van der Waals surface area contributed by atoms with Crippen LogP contribution in [0.4, 0.5) is 0 Å². The molecular formula is C10H13NO2. The number of pyridine rings is 1. The summed E-state index contributed by atoms with van der Waals surface area (Å²) in [6.45, 7) is 4.22. The molecule has 1 aromatic rings. The van der Waals surface area contributed by atoms with Gasteiger partial charge in [0.1, 0.15) is 0 Å². The van der Waals surface area contributed by atoms with E-state index in [4.69, 9.17) is 4.74 Å². The second-order valence-corrected chi connectivity index (χ2v) is 2.77. The third kappa shape index (κ3) is 2.54. The number of carbonyl (C=O) groups is 1. The first-order valence-corrected chi connectivity index (χ1v) is 4.34. The summed E-state index contributed by atoms with van der Waals surface area (Å²) >= 11 is 0. The summed E-state index contributed by atoms with van der Waals surface area (Å²) in [5.41, 5.74) is 1.26. The minimum absolute atomic E-state index is 0.285. The largest absolute Gasteiger partial charge is 0.462 e. The SMILES string of the molecule is CCCOC(=O)c1cccnc1C. The molecule has 70 valence electrons. The summed E-state index contributed by atoms with van der Waals surface area (Å²) < 4.78 is 4.98. The predicted molar refractivity (Wildman–Crippen MR) is 49.5 cm³/mol. The fourth-order valence-corrected chi connectivity index (χ4v) is 0.972. The average molecular weight is 179 g/mol. The molecule has 13 heavy (non-hydrogen) atoms. The summed E-state index contributed by atoms with van der Waals surface area (Å²) in [5.74, 6) is -0.285. The Hall–Kier alpha value is -1.38. The van der Waals surface area contributed by atoms with Crippen molar-refractivity contribution in [2.45, 2.75) is 20.3 Å². The lowest BCUT2D eigenvalue weighted by molar-refractivity contribution is 0.0503. The molecule has 0 fully saturated rings. The van der Waals surface area contributed by atoms with Crippen molar-refractivity contribution in [3.8, 4) is 0 Å². The standard InChI is InChI=1S/C10H13NO2/c1-3-7-13-10(12)9-5-4-6-11-8(9)2/h4-6H,3,7H2,1-2H3. The Balaban J connectivity index is 2.71. The minimum Gasteiger partial charge on any atom is -0.462 e. The van der Waals surface area contributed by atoms with Crippen LogP contribution in [0.1, 0.15) is 29.4 Å². The van der Waals surface area contributed by atoms with E-state index < -0.39 is 0 Å². The van der Waals surface area contributed by atoms with Crippen LogP contribution < -0.4 is 0 Å². The minimum atomic E-state index is -0.285. The van der Waals surface area contributed by atoms with Gasteiger partial charge in [-0.15, -0.1) is 0 Å². The third-order valence-corrected chi connectivity index (χ3v) is 1.66. The van der Waals surface area contributed by atoms with Crippen LogP contribution in [0.2, 0.25) is 0 Å². The lowest BCUT2D eigenvalue weighted by Gasteiger charge is -2.04. The summed E-state index contributed by atoms with van der Waals surface area (Å²) in [5, 5.41) is 0. The number of nitrogens with zero attached hydrogens (tertiary/aromatic N) is 1. The first-order chi connectivity index (χ1) is 6.25. The Morgan fingerprint density at radius 3 is 3.00 bits per heavy atom. The number of hydrogen-bond donors (Lipinski definition) is 0. The Labute approximate surface area is 77.8 Å². The molecule has 0 aromatic carbocycles. The van der Waals surface area contributed by atoms with Gasteiger partial charge in [-0.25, -0.2) is 4.79 Å². The van der Waals surface area contributed by atoms with Crippen molar-refractivity contribution in [2.75, 3.05) is 6.61 Å². The van der Waals surface area contributed by atoms with E-state index in [1.54, 1.807) is 25.3 Å². The number of esters is 1. The van der Waals surface area contributed by atoms with Gasteiger partial charge in [0.25, 0.3) is 0 Å². The van der Waals surface area contributed by atoms with E-state index in [0.29, 0.717) is 17.9 Å². The molecule has 0 unspecified atom stereocenters. The van der Waals surface area contributed by atoms with Gasteiger partial charge in [-0.1, -0.05) is 6.92 Å². The smallest absolute Gasteiger partial charge is 0.339 e. The molecule has 3 heteroatoms. The first-order valence-electron chi connectivity index (χ1n) is 4.34. The van der Waals surface area contributed by atoms with Gasteiger partial charge in [0, 0.05) is 6.20 Å². The zero-order chi connectivity index (χ0) is 9.68. The fraction of sp³-hybridized carbons (Fsp3) is 0.400. The average Bonchev–Trinajstić information content (AvgIpc) is 2.15. The number of carbonyl (C=O) groups excluding carboxylic acids is 1. The van der Waals surface area contributed by atoms with Gasteiger partial charge in [0.15, 0.2) is 0 Å². The van der Waals surface area contributed by atoms with Crippen molar-refractivity contribution in [3.05, 3.63) is 29.6 Å². The maximum Gasteiger partial charge on any atom is 0.339 e. The van der Waals surface area contributed by atoms with E-state index in [2.05, 4.69) is 4.98 Å². The first kappa shape index (κ1) is 9.71. The summed E-state index contributed by atoms with van der Waals surface area (Å²) in [7, 11) is 0. The van der Waals surface area contributed by atoms with Crippen molar-refractivity contribution in [1.29, 1.82) is 0 Å². The number of ether oxygens (including phenoxy) is 1. The summed E-state index contributed by atoms with van der Waals surface area (Å²) in [6.07, 6.45) is 2.50. The van der Waals surface area contributed by atoms with E-state index >= 15 is 0 Å². The van der Waals surface area contributed by atoms with Crippen LogP contribution in [-0.4, -0.2) is 17.6 Å². The van der Waals surface area contributed by atoms with Gasteiger partial charge < -0.3 is 4.74 Å². The van der Waals surface area contributed by atoms with Crippen LogP contribution in [-0.2, 0) is 4.74 Å². The van der Waals surface area contributed by atoms with Crippen LogP contribution in [0.15, 0.2) is 18.3 Å². The molecule has 0 saturated carbocycles. The van der Waals surface area contributed by atoms with E-state index in [-0.39, 0.29) is 5.97 Å². The van der Waals surface area contributed by atoms with E-state index in [1.807, 2.05) is 6.92 Å². The second-order valence-electron chi connectivity index (χ2n) is 2.77. The molecule has 3 nitrogen and oxygen atoms in total. The molecular weight excluding hydrogens is 166 g/mol. The van der Waals surface area contributed by atoms with Crippen LogP contribution in [0.3, 0.4) is 0 Å². The molecule has 0 aliphatic carbocycles. The quantitative estimate of drug-likeness (QED) is 0.666. The van der Waals surface area contributed by atoms with Gasteiger partial charge in [0.05, 0.1) is 17.9 Å². The van der Waals surface area contributed by atoms with Gasteiger partial charge in [-0.05, 0) is 25.5 Å². The van der Waals surface area contributed by atoms with Crippen LogP contribution in [0, 0.1) is 6.92 Å². The highest BCUT2D eigenvalue weighted by Crippen LogP contribution is 2.05. The Bertz CT molecular complexity index is 297. The fourth-order valence-electron chi connectivity index (χ4n) is 0.972. The van der Waals surface area contributed by atoms with Crippen molar-refractivity contribution >= 4 is 5.97 Å². The normalized spacial score (nSPS) is 9.69. The highest BCUT2D eigenvalue weighted by atomic mass is 16.5. The second kappa shape index (κ2) is 4.60. The van der Waals surface area contributed by atoms with Crippen LogP contribution in [0.5, 0.6) is 0 Å². The van der Waals surface area contributed by atoms with E-state index in [0.717, 1.165) is 6.42 Å². The highest BCUT2D eigenvalue weighted by molar-refractivity contribution is 5.90. The van der Waals surface area contributed by atoms with Crippen molar-refractivity contribution in [2.24, 2.45) is 0 Å². The molecule has 1 rings (SSSR count). The maximum atomic E-state index is 11.4. The van der Waals surface area contributed by atoms with Gasteiger partial charge >= 0.3 is 5.97 Å². The Morgan fingerprint density at radius 1 is 1.62 bits per heavy atom. The van der Waals surface area contributed by atoms with Crippen molar-refractivity contribution < 1.29 is 9.53 Å². The number of aromatic nitrogens is 1. The summed E-state index contributed by atoms with van der Waals surface area (Å²) in [6, 6.07) is 3.45. The topological polar surface area (TPSA) is 39.2 Å². The Kier molecular flexibility index (Phi) is 3.43. The maximum absolute atomic E-state index is 11.4. The number of aryl methyl sites for hydroxylation is 1. The van der Waals surface area contributed by atoms with Crippen molar-refractivity contribution in [1.82, 2.24) is 4.98 Å². The molecule has 0 atom stereocenters. The number of hydrogen-bond acceptors (Lipinski definition) is 3. The molecule has 0 N–H and O–H groups in total. The van der Waals surface area contributed by atoms with Crippen molar-refractivity contribution in [3.63, 3.8) is 0 Å². The molecule has 0 aliphatic rings. The van der Waals surface area contributed by atoms with E-state index in [1.165, 1.54) is 0 Å².